The number of fused-ring (bicyclic) bond motifs is 1. The summed E-state index contributed by atoms with van der Waals surface area (Å²) in [5, 5.41) is 12.8. The van der Waals surface area contributed by atoms with Crippen LogP contribution in [0.25, 0.3) is 0 Å². The molecule has 112 valence electrons. The maximum Gasteiger partial charge on any atom is 0.124 e. The Morgan fingerprint density at radius 2 is 2.25 bits per heavy atom. The van der Waals surface area contributed by atoms with Crippen molar-refractivity contribution in [2.75, 3.05) is 13.2 Å². The molecule has 0 radical (unpaired) electrons. The third kappa shape index (κ3) is 3.64. The predicted molar refractivity (Wildman–Crippen MR) is 79.4 cm³/mol. The van der Waals surface area contributed by atoms with Crippen LogP contribution in [0.15, 0.2) is 12.1 Å². The van der Waals surface area contributed by atoms with Gasteiger partial charge in [0.2, 0.25) is 0 Å². The second kappa shape index (κ2) is 6.95. The summed E-state index contributed by atoms with van der Waals surface area (Å²) in [7, 11) is 0. The number of nitrogens with one attached hydrogen (secondary N) is 1. The molecule has 1 aliphatic heterocycles. The van der Waals surface area contributed by atoms with Crippen LogP contribution in [-0.4, -0.2) is 30.5 Å². The molecule has 0 saturated heterocycles. The van der Waals surface area contributed by atoms with E-state index in [0.717, 1.165) is 29.9 Å². The fraction of sp³-hybridized carbons (Fsp3) is 0.625. The van der Waals surface area contributed by atoms with Gasteiger partial charge in [-0.2, -0.15) is 0 Å². The summed E-state index contributed by atoms with van der Waals surface area (Å²) >= 11 is 0. The van der Waals surface area contributed by atoms with Gasteiger partial charge in [0.25, 0.3) is 0 Å². The largest absolute Gasteiger partial charge is 0.494 e. The van der Waals surface area contributed by atoms with Crippen molar-refractivity contribution in [3.8, 4) is 11.5 Å². The predicted octanol–water partition coefficient (Wildman–Crippen LogP) is 2.27. The van der Waals surface area contributed by atoms with Crippen LogP contribution >= 0.6 is 0 Å². The van der Waals surface area contributed by atoms with Crippen LogP contribution in [0.3, 0.4) is 0 Å². The molecule has 0 amide bonds. The molecule has 1 aromatic carbocycles. The average Bonchev–Trinajstić information content (AvgIpc) is 2.78. The van der Waals surface area contributed by atoms with Gasteiger partial charge < -0.3 is 19.9 Å². The van der Waals surface area contributed by atoms with Crippen molar-refractivity contribution in [2.24, 2.45) is 0 Å². The van der Waals surface area contributed by atoms with Crippen LogP contribution in [0.4, 0.5) is 0 Å². The molecule has 0 aliphatic carbocycles. The molecule has 20 heavy (non-hydrogen) atoms. The Kier molecular flexibility index (Phi) is 5.26. The summed E-state index contributed by atoms with van der Waals surface area (Å²) in [5.74, 6) is 1.89. The van der Waals surface area contributed by atoms with E-state index in [9.17, 15) is 5.11 Å². The molecule has 1 heterocycles. The lowest BCUT2D eigenvalue weighted by atomic mass is 10.1. The number of aliphatic hydroxyl groups excluding tert-OH is 1. The molecule has 2 atom stereocenters. The van der Waals surface area contributed by atoms with Gasteiger partial charge in [-0.1, -0.05) is 6.92 Å². The van der Waals surface area contributed by atoms with Gasteiger partial charge in [-0.15, -0.1) is 0 Å². The van der Waals surface area contributed by atoms with Gasteiger partial charge in [-0.25, -0.2) is 0 Å². The van der Waals surface area contributed by atoms with Crippen LogP contribution in [0.5, 0.6) is 11.5 Å². The maximum absolute atomic E-state index is 9.58. The lowest BCUT2D eigenvalue weighted by Gasteiger charge is -2.14. The summed E-state index contributed by atoms with van der Waals surface area (Å²) in [6, 6.07) is 4.16. The molecule has 4 heteroatoms. The summed E-state index contributed by atoms with van der Waals surface area (Å²) < 4.78 is 11.5. The zero-order valence-corrected chi connectivity index (χ0v) is 12.6. The molecule has 0 fully saturated rings. The van der Waals surface area contributed by atoms with E-state index in [1.807, 2.05) is 13.8 Å². The van der Waals surface area contributed by atoms with Crippen LogP contribution < -0.4 is 14.8 Å². The minimum Gasteiger partial charge on any atom is -0.494 e. The molecule has 2 N–H and O–H groups in total. The number of benzene rings is 1. The summed E-state index contributed by atoms with van der Waals surface area (Å²) in [5.41, 5.74) is 2.31. The Labute approximate surface area is 121 Å². The number of hydrogen-bond donors (Lipinski definition) is 2. The smallest absolute Gasteiger partial charge is 0.124 e. The van der Waals surface area contributed by atoms with E-state index in [1.165, 1.54) is 5.56 Å². The fourth-order valence-electron chi connectivity index (χ4n) is 2.43. The van der Waals surface area contributed by atoms with Crippen LogP contribution in [0.2, 0.25) is 0 Å². The summed E-state index contributed by atoms with van der Waals surface area (Å²) in [4.78, 5) is 0. The first-order chi connectivity index (χ1) is 9.63. The molecule has 0 aromatic heterocycles. The number of ether oxygens (including phenoxy) is 2. The van der Waals surface area contributed by atoms with Gasteiger partial charge in [0.15, 0.2) is 0 Å². The first kappa shape index (κ1) is 15.1. The normalized spacial score (nSPS) is 18.5. The number of aliphatic hydroxyl groups is 1. The van der Waals surface area contributed by atoms with E-state index in [4.69, 9.17) is 9.47 Å². The van der Waals surface area contributed by atoms with Crippen molar-refractivity contribution in [3.05, 3.63) is 23.3 Å². The van der Waals surface area contributed by atoms with E-state index >= 15 is 0 Å². The maximum atomic E-state index is 9.58. The second-order valence-corrected chi connectivity index (χ2v) is 5.33. The van der Waals surface area contributed by atoms with E-state index in [0.29, 0.717) is 19.7 Å². The van der Waals surface area contributed by atoms with Crippen molar-refractivity contribution >= 4 is 0 Å². The average molecular weight is 279 g/mol. The molecule has 1 aromatic rings. The third-order valence-electron chi connectivity index (χ3n) is 3.55. The quantitative estimate of drug-likeness (QED) is 0.804. The first-order valence-corrected chi connectivity index (χ1v) is 7.48. The van der Waals surface area contributed by atoms with Gasteiger partial charge in [0, 0.05) is 30.6 Å². The Morgan fingerprint density at radius 1 is 1.45 bits per heavy atom. The standard InChI is InChI=1S/C16H25NO3/c1-4-14(18)10-17-9-13-8-16-12(6-11(3)20-16)7-15(13)19-5-2/h7-8,11,14,17-18H,4-6,9-10H2,1-3H3. The van der Waals surface area contributed by atoms with Gasteiger partial charge >= 0.3 is 0 Å². The van der Waals surface area contributed by atoms with Gasteiger partial charge in [-0.05, 0) is 32.4 Å². The van der Waals surface area contributed by atoms with Gasteiger partial charge in [0.1, 0.15) is 17.6 Å². The highest BCUT2D eigenvalue weighted by atomic mass is 16.5. The zero-order chi connectivity index (χ0) is 14.5. The van der Waals surface area contributed by atoms with Crippen molar-refractivity contribution in [1.29, 1.82) is 0 Å². The van der Waals surface area contributed by atoms with Crippen LogP contribution in [0.1, 0.15) is 38.3 Å². The monoisotopic (exact) mass is 279 g/mol. The van der Waals surface area contributed by atoms with Crippen LogP contribution in [-0.2, 0) is 13.0 Å². The van der Waals surface area contributed by atoms with Crippen molar-refractivity contribution < 1.29 is 14.6 Å². The lowest BCUT2D eigenvalue weighted by Crippen LogP contribution is -2.25. The molecular formula is C16H25NO3. The van der Waals surface area contributed by atoms with Crippen molar-refractivity contribution in [1.82, 2.24) is 5.32 Å². The lowest BCUT2D eigenvalue weighted by molar-refractivity contribution is 0.167. The molecule has 4 nitrogen and oxygen atoms in total. The second-order valence-electron chi connectivity index (χ2n) is 5.33. The van der Waals surface area contributed by atoms with E-state index in [1.54, 1.807) is 0 Å². The van der Waals surface area contributed by atoms with E-state index in [2.05, 4.69) is 24.4 Å². The minimum atomic E-state index is -0.295. The molecule has 2 rings (SSSR count). The number of hydrogen-bond acceptors (Lipinski definition) is 4. The summed E-state index contributed by atoms with van der Waals surface area (Å²) in [6.07, 6.45) is 1.65. The summed E-state index contributed by atoms with van der Waals surface area (Å²) in [6.45, 7) is 7.97. The van der Waals surface area contributed by atoms with E-state index in [-0.39, 0.29) is 12.2 Å². The Balaban J connectivity index is 2.08. The molecular weight excluding hydrogens is 254 g/mol. The highest BCUT2D eigenvalue weighted by molar-refractivity contribution is 5.48. The number of rotatable bonds is 7. The molecule has 0 spiro atoms. The highest BCUT2D eigenvalue weighted by Crippen LogP contribution is 2.35. The highest BCUT2D eigenvalue weighted by Gasteiger charge is 2.21. The third-order valence-corrected chi connectivity index (χ3v) is 3.55. The van der Waals surface area contributed by atoms with E-state index < -0.39 is 0 Å². The minimum absolute atomic E-state index is 0.240. The molecule has 0 saturated carbocycles. The zero-order valence-electron chi connectivity index (χ0n) is 12.6. The Hall–Kier alpha value is -1.26. The topological polar surface area (TPSA) is 50.7 Å². The van der Waals surface area contributed by atoms with Crippen LogP contribution in [0, 0.1) is 0 Å². The first-order valence-electron chi connectivity index (χ1n) is 7.48. The molecule has 2 unspecified atom stereocenters. The van der Waals surface area contributed by atoms with Gasteiger partial charge in [-0.3, -0.25) is 0 Å². The van der Waals surface area contributed by atoms with Crippen molar-refractivity contribution in [2.45, 2.75) is 52.4 Å². The van der Waals surface area contributed by atoms with Crippen molar-refractivity contribution in [3.63, 3.8) is 0 Å². The molecule has 0 bridgehead atoms. The SMILES string of the molecule is CCOc1cc2c(cc1CNCC(O)CC)OC(C)C2. The Morgan fingerprint density at radius 3 is 2.95 bits per heavy atom. The van der Waals surface area contributed by atoms with Gasteiger partial charge in [0.05, 0.1) is 12.7 Å². The molecule has 1 aliphatic rings. The Bertz CT molecular complexity index is 448. The fourth-order valence-corrected chi connectivity index (χ4v) is 2.43.